The summed E-state index contributed by atoms with van der Waals surface area (Å²) in [5.74, 6) is 0. The van der Waals surface area contributed by atoms with E-state index in [9.17, 15) is 0 Å². The highest BCUT2D eigenvalue weighted by Gasteiger charge is 2.24. The van der Waals surface area contributed by atoms with Crippen LogP contribution < -0.4 is 4.90 Å². The Kier molecular flexibility index (Phi) is 5.78. The first-order chi connectivity index (χ1) is 22.3. The van der Waals surface area contributed by atoms with Gasteiger partial charge in [0.15, 0.2) is 5.58 Å². The first-order valence-corrected chi connectivity index (χ1v) is 15.1. The fourth-order valence-corrected chi connectivity index (χ4v) is 6.58. The molecule has 4 nitrogen and oxygen atoms in total. The van der Waals surface area contributed by atoms with E-state index in [1.54, 1.807) is 0 Å². The van der Waals surface area contributed by atoms with Crippen molar-refractivity contribution in [1.29, 1.82) is 0 Å². The Labute approximate surface area is 260 Å². The van der Waals surface area contributed by atoms with Gasteiger partial charge < -0.3 is 8.98 Å². The second kappa shape index (κ2) is 10.2. The van der Waals surface area contributed by atoms with Crippen molar-refractivity contribution in [2.45, 2.75) is 0 Å². The van der Waals surface area contributed by atoms with E-state index < -0.39 is 0 Å². The Morgan fingerprint density at radius 2 is 1.22 bits per heavy atom. The normalized spacial score (nSPS) is 11.6. The number of benzene rings is 7. The number of hydrogen-bond donors (Lipinski definition) is 0. The molecule has 4 heteroatoms. The Morgan fingerprint density at radius 3 is 2.09 bits per heavy atom. The molecule has 0 atom stereocenters. The number of rotatable bonds is 5. The first-order valence-electron chi connectivity index (χ1n) is 15.1. The van der Waals surface area contributed by atoms with Crippen molar-refractivity contribution >= 4 is 61.1 Å². The Hall–Kier alpha value is -6.13. The van der Waals surface area contributed by atoms with E-state index in [0.717, 1.165) is 61.0 Å². The van der Waals surface area contributed by atoms with Crippen LogP contribution in [-0.4, -0.2) is 9.55 Å². The first kappa shape index (κ1) is 25.4. The van der Waals surface area contributed by atoms with Crippen molar-refractivity contribution in [3.63, 3.8) is 0 Å². The van der Waals surface area contributed by atoms with E-state index in [2.05, 4.69) is 155 Å². The molecule has 0 fully saturated rings. The molecule has 0 aliphatic rings. The van der Waals surface area contributed by atoms with Gasteiger partial charge in [0, 0.05) is 27.4 Å². The van der Waals surface area contributed by atoms with Crippen LogP contribution in [0.2, 0.25) is 0 Å². The lowest BCUT2D eigenvalue weighted by atomic mass is 10.0. The van der Waals surface area contributed by atoms with Gasteiger partial charge >= 0.3 is 6.01 Å². The molecule has 0 aliphatic carbocycles. The van der Waals surface area contributed by atoms with Gasteiger partial charge in [0.1, 0.15) is 5.52 Å². The maximum absolute atomic E-state index is 6.73. The molecule has 0 amide bonds. The molecular weight excluding hydrogens is 550 g/mol. The highest BCUT2D eigenvalue weighted by Crippen LogP contribution is 2.44. The molecule has 0 aliphatic heterocycles. The molecule has 2 heterocycles. The number of nitrogens with zero attached hydrogens (tertiary/aromatic N) is 3. The van der Waals surface area contributed by atoms with Gasteiger partial charge in [0.05, 0.1) is 22.4 Å². The van der Waals surface area contributed by atoms with Crippen molar-refractivity contribution in [3.8, 4) is 16.8 Å². The van der Waals surface area contributed by atoms with Gasteiger partial charge in [-0.3, -0.25) is 4.90 Å². The number of para-hydroxylation sites is 3. The summed E-state index contributed by atoms with van der Waals surface area (Å²) in [5, 5.41) is 4.53. The summed E-state index contributed by atoms with van der Waals surface area (Å²) in [4.78, 5) is 7.26. The number of hydrogen-bond acceptors (Lipinski definition) is 3. The van der Waals surface area contributed by atoms with Crippen molar-refractivity contribution in [1.82, 2.24) is 9.55 Å². The van der Waals surface area contributed by atoms with Crippen LogP contribution >= 0.6 is 0 Å². The number of fused-ring (bicyclic) bond motifs is 6. The molecule has 0 spiro atoms. The monoisotopic (exact) mass is 577 g/mol. The molecule has 0 N–H and O–H groups in total. The van der Waals surface area contributed by atoms with E-state index in [1.165, 1.54) is 10.9 Å². The minimum atomic E-state index is 0.524. The van der Waals surface area contributed by atoms with E-state index >= 15 is 0 Å². The molecule has 7 aromatic carbocycles. The predicted octanol–water partition coefficient (Wildman–Crippen LogP) is 11.2. The van der Waals surface area contributed by atoms with Gasteiger partial charge in [-0.1, -0.05) is 115 Å². The van der Waals surface area contributed by atoms with Crippen LogP contribution in [0.3, 0.4) is 0 Å². The topological polar surface area (TPSA) is 34.2 Å². The molecule has 9 rings (SSSR count). The molecule has 0 saturated heterocycles. The largest absolute Gasteiger partial charge is 0.422 e. The minimum Gasteiger partial charge on any atom is -0.422 e. The summed E-state index contributed by atoms with van der Waals surface area (Å²) in [5.41, 5.74) is 9.24. The van der Waals surface area contributed by atoms with Gasteiger partial charge in [-0.05, 0) is 59.5 Å². The maximum atomic E-state index is 6.73. The van der Waals surface area contributed by atoms with Crippen molar-refractivity contribution < 1.29 is 4.42 Å². The van der Waals surface area contributed by atoms with E-state index in [4.69, 9.17) is 9.40 Å². The summed E-state index contributed by atoms with van der Waals surface area (Å²) in [6.07, 6.45) is 0. The summed E-state index contributed by atoms with van der Waals surface area (Å²) in [6, 6.07) is 57.7. The molecule has 9 aromatic rings. The molecule has 0 unspecified atom stereocenters. The Morgan fingerprint density at radius 1 is 0.533 bits per heavy atom. The van der Waals surface area contributed by atoms with Gasteiger partial charge in [-0.2, -0.15) is 4.98 Å². The van der Waals surface area contributed by atoms with Crippen molar-refractivity contribution in [2.75, 3.05) is 4.90 Å². The van der Waals surface area contributed by atoms with Crippen LogP contribution in [0.15, 0.2) is 168 Å². The fourth-order valence-electron chi connectivity index (χ4n) is 6.58. The van der Waals surface area contributed by atoms with Crippen LogP contribution in [0.1, 0.15) is 0 Å². The zero-order chi connectivity index (χ0) is 29.7. The van der Waals surface area contributed by atoms with E-state index in [-0.39, 0.29) is 0 Å². The summed E-state index contributed by atoms with van der Waals surface area (Å²) < 4.78 is 9.06. The van der Waals surface area contributed by atoms with E-state index in [0.29, 0.717) is 6.01 Å². The van der Waals surface area contributed by atoms with Crippen LogP contribution in [0.25, 0.3) is 60.5 Å². The van der Waals surface area contributed by atoms with Gasteiger partial charge in [0.25, 0.3) is 0 Å². The third kappa shape index (κ3) is 4.11. The predicted molar refractivity (Wildman–Crippen MR) is 186 cm³/mol. The lowest BCUT2D eigenvalue weighted by Crippen LogP contribution is -2.11. The second-order valence-corrected chi connectivity index (χ2v) is 11.2. The highest BCUT2D eigenvalue weighted by molar-refractivity contribution is 6.11. The van der Waals surface area contributed by atoms with Crippen molar-refractivity contribution in [2.24, 2.45) is 0 Å². The van der Waals surface area contributed by atoms with Gasteiger partial charge in [-0.25, -0.2) is 0 Å². The second-order valence-electron chi connectivity index (χ2n) is 11.2. The average molecular weight is 578 g/mol. The zero-order valence-electron chi connectivity index (χ0n) is 24.3. The average Bonchev–Trinajstić information content (AvgIpc) is 3.69. The molecular formula is C41H27N3O. The molecule has 0 radical (unpaired) electrons. The number of anilines is 3. The standard InChI is InChI=1S/C41H27N3O/c1-3-13-28(14-4-1)32-18-9-11-21-37(32)44(41-42-36-25-23-29-15-7-8-19-33(29)40(36)45-41)31-24-26-39-35(27-31)34-20-10-12-22-38(34)43(39)30-16-5-2-6-17-30/h1-27H. The summed E-state index contributed by atoms with van der Waals surface area (Å²) in [6.45, 7) is 0. The SMILES string of the molecule is c1ccc(-c2ccccc2N(c2ccc3c(c2)c2ccccc2n3-c2ccccc2)c2nc3ccc4ccccc4c3o2)cc1. The van der Waals surface area contributed by atoms with Crippen LogP contribution in [-0.2, 0) is 0 Å². The molecule has 2 aromatic heterocycles. The third-order valence-electron chi connectivity index (χ3n) is 8.62. The summed E-state index contributed by atoms with van der Waals surface area (Å²) >= 11 is 0. The highest BCUT2D eigenvalue weighted by atomic mass is 16.4. The molecule has 45 heavy (non-hydrogen) atoms. The zero-order valence-corrected chi connectivity index (χ0v) is 24.3. The minimum absolute atomic E-state index is 0.524. The molecule has 212 valence electrons. The van der Waals surface area contributed by atoms with Crippen LogP contribution in [0.5, 0.6) is 0 Å². The van der Waals surface area contributed by atoms with E-state index in [1.807, 2.05) is 18.2 Å². The lowest BCUT2D eigenvalue weighted by Gasteiger charge is -2.24. The molecule has 0 bridgehead atoms. The Bertz CT molecular complexity index is 2490. The van der Waals surface area contributed by atoms with Gasteiger partial charge in [0.2, 0.25) is 0 Å². The summed E-state index contributed by atoms with van der Waals surface area (Å²) in [7, 11) is 0. The maximum Gasteiger partial charge on any atom is 0.307 e. The fraction of sp³-hybridized carbons (Fsp3) is 0. The number of oxazole rings is 1. The van der Waals surface area contributed by atoms with Crippen LogP contribution in [0, 0.1) is 0 Å². The van der Waals surface area contributed by atoms with Crippen LogP contribution in [0.4, 0.5) is 17.4 Å². The number of aromatic nitrogens is 2. The smallest absolute Gasteiger partial charge is 0.307 e. The Balaban J connectivity index is 1.33. The van der Waals surface area contributed by atoms with Gasteiger partial charge in [-0.15, -0.1) is 0 Å². The van der Waals surface area contributed by atoms with Crippen molar-refractivity contribution in [3.05, 3.63) is 164 Å². The lowest BCUT2D eigenvalue weighted by molar-refractivity contribution is 0.611. The third-order valence-corrected chi connectivity index (χ3v) is 8.62. The molecule has 0 saturated carbocycles. The quantitative estimate of drug-likeness (QED) is 0.204.